The van der Waals surface area contributed by atoms with Crippen LogP contribution in [-0.4, -0.2) is 23.5 Å². The van der Waals surface area contributed by atoms with Crippen LogP contribution in [0.5, 0.6) is 5.75 Å². The van der Waals surface area contributed by atoms with Gasteiger partial charge in [-0.1, -0.05) is 12.1 Å². The number of rotatable bonds is 7. The summed E-state index contributed by atoms with van der Waals surface area (Å²) in [5.74, 6) is 1.70. The van der Waals surface area contributed by atoms with E-state index in [1.165, 1.54) is 12.8 Å². The Labute approximate surface area is 163 Å². The fraction of sp³-hybridized carbons (Fsp3) is 0.429. The van der Waals surface area contributed by atoms with E-state index >= 15 is 0 Å². The van der Waals surface area contributed by atoms with Crippen LogP contribution in [0.1, 0.15) is 44.6 Å². The molecule has 0 bridgehead atoms. The van der Waals surface area contributed by atoms with Crippen molar-refractivity contribution in [1.82, 2.24) is 4.98 Å². The van der Waals surface area contributed by atoms with Gasteiger partial charge in [-0.2, -0.15) is 0 Å². The number of amides is 1. The summed E-state index contributed by atoms with van der Waals surface area (Å²) in [6.07, 6.45) is 8.04. The molecule has 26 heavy (non-hydrogen) atoms. The lowest BCUT2D eigenvalue weighted by Gasteiger charge is -2.20. The molecule has 1 aliphatic rings. The van der Waals surface area contributed by atoms with Crippen LogP contribution in [-0.2, 0) is 11.2 Å². The fourth-order valence-corrected chi connectivity index (χ4v) is 3.59. The smallest absolute Gasteiger partial charge is 0.228 e. The van der Waals surface area contributed by atoms with E-state index in [1.807, 2.05) is 31.2 Å². The van der Waals surface area contributed by atoms with E-state index in [2.05, 4.69) is 33.0 Å². The summed E-state index contributed by atoms with van der Waals surface area (Å²) >= 11 is 3.37. The molecule has 0 N–H and O–H groups in total. The molecule has 1 heterocycles. The second kappa shape index (κ2) is 9.17. The summed E-state index contributed by atoms with van der Waals surface area (Å²) in [5.41, 5.74) is 1.13. The number of hydrogen-bond donors (Lipinski definition) is 0. The van der Waals surface area contributed by atoms with Crippen LogP contribution in [0, 0.1) is 0 Å². The number of ether oxygens (including phenoxy) is 1. The maximum absolute atomic E-state index is 12.6. The summed E-state index contributed by atoms with van der Waals surface area (Å²) in [5, 5.41) is 0. The van der Waals surface area contributed by atoms with Gasteiger partial charge in [-0.05, 0) is 84.8 Å². The molecule has 0 spiro atoms. The molecule has 5 heteroatoms. The standard InChI is InChI=1S/C21H25BrN2O2/c1-2-24(20-12-11-17(22)15-23-20)21(25)13-10-16-6-5-9-19(14-16)26-18-7-3-4-8-18/h5-6,9,11-12,14-15,18H,2-4,7-8,10,13H2,1H3. The zero-order valence-corrected chi connectivity index (χ0v) is 16.7. The minimum atomic E-state index is 0.0874. The van der Waals surface area contributed by atoms with Gasteiger partial charge < -0.3 is 4.74 Å². The monoisotopic (exact) mass is 416 g/mol. The lowest BCUT2D eigenvalue weighted by Crippen LogP contribution is -2.31. The van der Waals surface area contributed by atoms with Crippen LogP contribution < -0.4 is 9.64 Å². The number of carbonyl (C=O) groups is 1. The number of pyridine rings is 1. The van der Waals surface area contributed by atoms with Crippen molar-refractivity contribution in [1.29, 1.82) is 0 Å². The van der Waals surface area contributed by atoms with Gasteiger partial charge in [0.05, 0.1) is 6.10 Å². The molecule has 0 aliphatic heterocycles. The van der Waals surface area contributed by atoms with Crippen molar-refractivity contribution >= 4 is 27.7 Å². The Hall–Kier alpha value is -1.88. The van der Waals surface area contributed by atoms with Gasteiger partial charge in [0.25, 0.3) is 0 Å². The first-order chi connectivity index (χ1) is 12.7. The minimum absolute atomic E-state index is 0.0874. The van der Waals surface area contributed by atoms with Crippen molar-refractivity contribution in [3.63, 3.8) is 0 Å². The first-order valence-electron chi connectivity index (χ1n) is 9.33. The number of aryl methyl sites for hydroxylation is 1. The molecule has 1 fully saturated rings. The summed E-state index contributed by atoms with van der Waals surface area (Å²) in [6, 6.07) is 11.9. The van der Waals surface area contributed by atoms with Crippen molar-refractivity contribution in [2.24, 2.45) is 0 Å². The molecule has 4 nitrogen and oxygen atoms in total. The molecule has 1 aliphatic carbocycles. The van der Waals surface area contributed by atoms with Crippen LogP contribution >= 0.6 is 15.9 Å². The Balaban J connectivity index is 1.58. The van der Waals surface area contributed by atoms with Crippen molar-refractivity contribution in [2.75, 3.05) is 11.4 Å². The van der Waals surface area contributed by atoms with Crippen LogP contribution in [0.15, 0.2) is 47.1 Å². The zero-order chi connectivity index (χ0) is 18.4. The number of hydrogen-bond acceptors (Lipinski definition) is 3. The Kier molecular flexibility index (Phi) is 6.67. The molecule has 1 amide bonds. The SMILES string of the molecule is CCN(C(=O)CCc1cccc(OC2CCCC2)c1)c1ccc(Br)cn1. The Bertz CT molecular complexity index is 727. The van der Waals surface area contributed by atoms with Gasteiger partial charge in [-0.15, -0.1) is 0 Å². The molecular weight excluding hydrogens is 392 g/mol. The van der Waals surface area contributed by atoms with E-state index in [0.717, 1.165) is 28.6 Å². The topological polar surface area (TPSA) is 42.4 Å². The highest BCUT2D eigenvalue weighted by Gasteiger charge is 2.17. The number of nitrogens with zero attached hydrogens (tertiary/aromatic N) is 2. The van der Waals surface area contributed by atoms with E-state index in [-0.39, 0.29) is 5.91 Å². The van der Waals surface area contributed by atoms with E-state index in [9.17, 15) is 4.79 Å². The molecular formula is C21H25BrN2O2. The molecule has 0 atom stereocenters. The molecule has 0 radical (unpaired) electrons. The summed E-state index contributed by atoms with van der Waals surface area (Å²) < 4.78 is 6.97. The van der Waals surface area contributed by atoms with E-state index in [1.54, 1.807) is 11.1 Å². The maximum atomic E-state index is 12.6. The van der Waals surface area contributed by atoms with Crippen molar-refractivity contribution < 1.29 is 9.53 Å². The number of benzene rings is 1. The average molecular weight is 417 g/mol. The molecule has 138 valence electrons. The van der Waals surface area contributed by atoms with Gasteiger partial charge >= 0.3 is 0 Å². The molecule has 0 unspecified atom stereocenters. The van der Waals surface area contributed by atoms with Crippen molar-refractivity contribution in [3.05, 3.63) is 52.6 Å². The second-order valence-corrected chi connectivity index (χ2v) is 7.56. The first-order valence-corrected chi connectivity index (χ1v) is 10.1. The third-order valence-electron chi connectivity index (χ3n) is 4.74. The quantitative estimate of drug-likeness (QED) is 0.626. The van der Waals surface area contributed by atoms with Crippen LogP contribution in [0.3, 0.4) is 0 Å². The molecule has 0 saturated heterocycles. The lowest BCUT2D eigenvalue weighted by molar-refractivity contribution is -0.118. The highest BCUT2D eigenvalue weighted by atomic mass is 79.9. The Morgan fingerprint density at radius 2 is 2.08 bits per heavy atom. The predicted octanol–water partition coefficient (Wildman–Crippen LogP) is 5.15. The summed E-state index contributed by atoms with van der Waals surface area (Å²) in [4.78, 5) is 18.7. The third-order valence-corrected chi connectivity index (χ3v) is 5.21. The minimum Gasteiger partial charge on any atom is -0.490 e. The number of anilines is 1. The third kappa shape index (κ3) is 5.07. The molecule has 1 saturated carbocycles. The van der Waals surface area contributed by atoms with Crippen LogP contribution in [0.4, 0.5) is 5.82 Å². The normalized spacial score (nSPS) is 14.4. The molecule has 2 aromatic rings. The van der Waals surface area contributed by atoms with Gasteiger partial charge in [-0.25, -0.2) is 4.98 Å². The first kappa shape index (κ1) is 18.9. The highest BCUT2D eigenvalue weighted by Crippen LogP contribution is 2.25. The van der Waals surface area contributed by atoms with Crippen molar-refractivity contribution in [3.8, 4) is 5.75 Å². The van der Waals surface area contributed by atoms with E-state index in [4.69, 9.17) is 4.74 Å². The molecule has 1 aromatic carbocycles. The van der Waals surface area contributed by atoms with Crippen LogP contribution in [0.25, 0.3) is 0 Å². The average Bonchev–Trinajstić information content (AvgIpc) is 3.15. The fourth-order valence-electron chi connectivity index (χ4n) is 3.35. The molecule has 1 aromatic heterocycles. The predicted molar refractivity (Wildman–Crippen MR) is 108 cm³/mol. The van der Waals surface area contributed by atoms with E-state index in [0.29, 0.717) is 31.3 Å². The Morgan fingerprint density at radius 1 is 1.27 bits per heavy atom. The number of aromatic nitrogens is 1. The summed E-state index contributed by atoms with van der Waals surface area (Å²) in [7, 11) is 0. The van der Waals surface area contributed by atoms with Gasteiger partial charge in [0.15, 0.2) is 0 Å². The zero-order valence-electron chi connectivity index (χ0n) is 15.2. The van der Waals surface area contributed by atoms with Crippen molar-refractivity contribution in [2.45, 2.75) is 51.6 Å². The van der Waals surface area contributed by atoms with E-state index < -0.39 is 0 Å². The molecule has 3 rings (SSSR count). The maximum Gasteiger partial charge on any atom is 0.228 e. The number of halogens is 1. The lowest BCUT2D eigenvalue weighted by atomic mass is 10.1. The van der Waals surface area contributed by atoms with Gasteiger partial charge in [0.2, 0.25) is 5.91 Å². The number of carbonyl (C=O) groups excluding carboxylic acids is 1. The van der Waals surface area contributed by atoms with Gasteiger partial charge in [0.1, 0.15) is 11.6 Å². The van der Waals surface area contributed by atoms with Crippen LogP contribution in [0.2, 0.25) is 0 Å². The van der Waals surface area contributed by atoms with Gasteiger partial charge in [0, 0.05) is 23.6 Å². The second-order valence-electron chi connectivity index (χ2n) is 6.64. The largest absolute Gasteiger partial charge is 0.490 e. The highest BCUT2D eigenvalue weighted by molar-refractivity contribution is 9.10. The van der Waals surface area contributed by atoms with Gasteiger partial charge in [-0.3, -0.25) is 9.69 Å². The Morgan fingerprint density at radius 3 is 2.77 bits per heavy atom. The summed E-state index contributed by atoms with van der Waals surface area (Å²) in [6.45, 7) is 2.58.